The van der Waals surface area contributed by atoms with Crippen molar-refractivity contribution >= 4 is 54.6 Å². The van der Waals surface area contributed by atoms with Gasteiger partial charge in [-0.3, -0.25) is 4.72 Å². The van der Waals surface area contributed by atoms with Gasteiger partial charge in [0.25, 0.3) is 10.0 Å². The minimum Gasteiger partial charge on any atom is -0.508 e. The van der Waals surface area contributed by atoms with Crippen molar-refractivity contribution in [1.82, 2.24) is 0 Å². The summed E-state index contributed by atoms with van der Waals surface area (Å²) in [6.07, 6.45) is 0. The third kappa shape index (κ3) is 2.97. The number of sulfonamides is 1. The normalized spacial score (nSPS) is 11.4. The molecule has 2 aromatic rings. The lowest BCUT2D eigenvalue weighted by Crippen LogP contribution is -2.11. The van der Waals surface area contributed by atoms with E-state index in [4.69, 9.17) is 11.6 Å². The number of thiophene rings is 1. The van der Waals surface area contributed by atoms with Crippen LogP contribution in [0.5, 0.6) is 5.75 Å². The Morgan fingerprint density at radius 2 is 2.00 bits per heavy atom. The molecule has 0 radical (unpaired) electrons. The van der Waals surface area contributed by atoms with Gasteiger partial charge in [0, 0.05) is 6.07 Å². The van der Waals surface area contributed by atoms with Gasteiger partial charge in [0.1, 0.15) is 9.96 Å². The predicted octanol–water partition coefficient (Wildman–Crippen LogP) is 3.67. The van der Waals surface area contributed by atoms with E-state index in [1.807, 2.05) is 0 Å². The summed E-state index contributed by atoms with van der Waals surface area (Å²) < 4.78 is 27.3. The Morgan fingerprint density at radius 3 is 2.56 bits per heavy atom. The maximum absolute atomic E-state index is 12.0. The molecular weight excluding hydrogens is 362 g/mol. The van der Waals surface area contributed by atoms with Gasteiger partial charge in [-0.1, -0.05) is 11.6 Å². The second-order valence-electron chi connectivity index (χ2n) is 3.33. The Kier molecular flexibility index (Phi) is 3.86. The summed E-state index contributed by atoms with van der Waals surface area (Å²) in [5.41, 5.74) is 0.221. The van der Waals surface area contributed by atoms with Crippen LogP contribution in [-0.2, 0) is 10.0 Å². The molecule has 1 heterocycles. The van der Waals surface area contributed by atoms with Gasteiger partial charge >= 0.3 is 0 Å². The summed E-state index contributed by atoms with van der Waals surface area (Å²) in [7, 11) is -3.66. The average molecular weight is 369 g/mol. The second kappa shape index (κ2) is 5.08. The van der Waals surface area contributed by atoms with Crippen molar-refractivity contribution in [1.29, 1.82) is 0 Å². The van der Waals surface area contributed by atoms with Crippen molar-refractivity contribution in [2.45, 2.75) is 4.21 Å². The van der Waals surface area contributed by atoms with Crippen LogP contribution in [0.1, 0.15) is 0 Å². The molecule has 4 nitrogen and oxygen atoms in total. The van der Waals surface area contributed by atoms with Gasteiger partial charge in [0.05, 0.1) is 14.5 Å². The fourth-order valence-electron chi connectivity index (χ4n) is 1.22. The van der Waals surface area contributed by atoms with Crippen LogP contribution < -0.4 is 4.72 Å². The number of rotatable bonds is 3. The van der Waals surface area contributed by atoms with Crippen LogP contribution >= 0.6 is 38.9 Å². The molecule has 18 heavy (non-hydrogen) atoms. The molecule has 0 aliphatic carbocycles. The largest absolute Gasteiger partial charge is 0.508 e. The third-order valence-corrected chi connectivity index (χ3v) is 5.80. The number of aromatic hydroxyl groups is 1. The molecule has 2 rings (SSSR count). The first-order valence-corrected chi connectivity index (χ1v) is 8.12. The monoisotopic (exact) mass is 367 g/mol. The van der Waals surface area contributed by atoms with Gasteiger partial charge in [-0.15, -0.1) is 11.3 Å². The van der Waals surface area contributed by atoms with Crippen LogP contribution in [0.4, 0.5) is 5.69 Å². The zero-order chi connectivity index (χ0) is 13.3. The summed E-state index contributed by atoms with van der Waals surface area (Å²) in [4.78, 5) is 0. The first kappa shape index (κ1) is 13.7. The van der Waals surface area contributed by atoms with E-state index in [1.165, 1.54) is 24.3 Å². The lowest BCUT2D eigenvalue weighted by molar-refractivity contribution is 0.475. The molecular formula is C10H7BrClNO3S2. The Balaban J connectivity index is 2.33. The summed E-state index contributed by atoms with van der Waals surface area (Å²) >= 11 is 10.1. The molecule has 1 aromatic heterocycles. The lowest BCUT2D eigenvalue weighted by atomic mass is 10.3. The first-order valence-electron chi connectivity index (χ1n) is 4.65. The van der Waals surface area contributed by atoms with Crippen molar-refractivity contribution in [3.8, 4) is 5.75 Å². The summed E-state index contributed by atoms with van der Waals surface area (Å²) in [6, 6.07) is 7.17. The number of phenols is 1. The van der Waals surface area contributed by atoms with Crippen LogP contribution in [0.25, 0.3) is 0 Å². The zero-order valence-electron chi connectivity index (χ0n) is 8.72. The molecule has 1 aromatic carbocycles. The highest BCUT2D eigenvalue weighted by Crippen LogP contribution is 2.31. The molecule has 0 atom stereocenters. The number of anilines is 1. The Bertz CT molecular complexity index is 684. The van der Waals surface area contributed by atoms with Crippen LogP contribution in [0.3, 0.4) is 0 Å². The quantitative estimate of drug-likeness (QED) is 0.812. The molecule has 2 N–H and O–H groups in total. The van der Waals surface area contributed by atoms with Crippen LogP contribution in [-0.4, -0.2) is 13.5 Å². The van der Waals surface area contributed by atoms with Gasteiger partial charge in [-0.05, 0) is 40.2 Å². The number of benzene rings is 1. The standard InChI is InChI=1S/C10H7BrClNO3S2/c11-9-3-4-10(17-9)18(15,16)13-8-2-1-6(14)5-7(8)12/h1-5,13-14H. The van der Waals surface area contributed by atoms with E-state index in [2.05, 4.69) is 20.7 Å². The molecule has 0 saturated heterocycles. The number of halogens is 2. The predicted molar refractivity (Wildman–Crippen MR) is 75.9 cm³/mol. The topological polar surface area (TPSA) is 66.4 Å². The lowest BCUT2D eigenvalue weighted by Gasteiger charge is -2.08. The molecule has 0 fully saturated rings. The number of nitrogens with one attached hydrogen (secondary N) is 1. The highest BCUT2D eigenvalue weighted by molar-refractivity contribution is 9.11. The van der Waals surface area contributed by atoms with Crippen molar-refractivity contribution in [3.63, 3.8) is 0 Å². The highest BCUT2D eigenvalue weighted by atomic mass is 79.9. The van der Waals surface area contributed by atoms with E-state index in [0.717, 1.165) is 15.1 Å². The van der Waals surface area contributed by atoms with Crippen molar-refractivity contribution in [2.75, 3.05) is 4.72 Å². The molecule has 96 valence electrons. The maximum atomic E-state index is 12.0. The van der Waals surface area contributed by atoms with Crippen LogP contribution in [0, 0.1) is 0 Å². The van der Waals surface area contributed by atoms with E-state index in [-0.39, 0.29) is 20.7 Å². The van der Waals surface area contributed by atoms with Gasteiger partial charge in [0.2, 0.25) is 0 Å². The van der Waals surface area contributed by atoms with Gasteiger partial charge < -0.3 is 5.11 Å². The van der Waals surface area contributed by atoms with Crippen molar-refractivity contribution < 1.29 is 13.5 Å². The molecule has 0 amide bonds. The fourth-order valence-corrected chi connectivity index (χ4v) is 4.59. The summed E-state index contributed by atoms with van der Waals surface area (Å²) in [5.74, 6) is -0.0261. The van der Waals surface area contributed by atoms with E-state index >= 15 is 0 Å². The summed E-state index contributed by atoms with van der Waals surface area (Å²) in [5, 5.41) is 9.32. The van der Waals surface area contributed by atoms with Crippen molar-refractivity contribution in [3.05, 3.63) is 39.1 Å². The smallest absolute Gasteiger partial charge is 0.271 e. The van der Waals surface area contributed by atoms with E-state index in [0.29, 0.717) is 0 Å². The van der Waals surface area contributed by atoms with E-state index < -0.39 is 10.0 Å². The molecule has 8 heteroatoms. The minimum absolute atomic E-state index is 0.0261. The molecule has 0 bridgehead atoms. The van der Waals surface area contributed by atoms with E-state index in [9.17, 15) is 13.5 Å². The van der Waals surface area contributed by atoms with Crippen LogP contribution in [0.2, 0.25) is 5.02 Å². The maximum Gasteiger partial charge on any atom is 0.271 e. The number of hydrogen-bond acceptors (Lipinski definition) is 4. The second-order valence-corrected chi connectivity index (χ2v) is 8.11. The van der Waals surface area contributed by atoms with Gasteiger partial charge in [-0.2, -0.15) is 0 Å². The van der Waals surface area contributed by atoms with Gasteiger partial charge in [-0.25, -0.2) is 8.42 Å². The molecule has 0 saturated carbocycles. The number of phenolic OH excluding ortho intramolecular Hbond substituents is 1. The van der Waals surface area contributed by atoms with Gasteiger partial charge in [0.15, 0.2) is 0 Å². The Morgan fingerprint density at radius 1 is 1.28 bits per heavy atom. The minimum atomic E-state index is -3.66. The van der Waals surface area contributed by atoms with Crippen LogP contribution in [0.15, 0.2) is 38.3 Å². The Hall–Kier alpha value is -0.760. The zero-order valence-corrected chi connectivity index (χ0v) is 12.7. The molecule has 0 aliphatic heterocycles. The first-order chi connectivity index (χ1) is 8.38. The number of hydrogen-bond donors (Lipinski definition) is 2. The average Bonchev–Trinajstić information content (AvgIpc) is 2.70. The Labute approximate surface area is 121 Å². The molecule has 0 unspecified atom stereocenters. The fraction of sp³-hybridized carbons (Fsp3) is 0. The SMILES string of the molecule is O=S(=O)(Nc1ccc(O)cc1Cl)c1ccc(Br)s1. The third-order valence-electron chi connectivity index (χ3n) is 2.01. The summed E-state index contributed by atoms with van der Waals surface area (Å²) in [6.45, 7) is 0. The molecule has 0 aliphatic rings. The van der Waals surface area contributed by atoms with Crippen molar-refractivity contribution in [2.24, 2.45) is 0 Å². The molecule has 0 spiro atoms. The van der Waals surface area contributed by atoms with E-state index in [1.54, 1.807) is 6.07 Å². The highest BCUT2D eigenvalue weighted by Gasteiger charge is 2.17.